The van der Waals surface area contributed by atoms with Crippen LogP contribution in [0, 0.1) is 5.41 Å². The summed E-state index contributed by atoms with van der Waals surface area (Å²) in [7, 11) is 0. The molecule has 4 nitrogen and oxygen atoms in total. The summed E-state index contributed by atoms with van der Waals surface area (Å²) in [5.41, 5.74) is 0.403. The van der Waals surface area contributed by atoms with Crippen molar-refractivity contribution in [3.63, 3.8) is 0 Å². The maximum atomic E-state index is 11.7. The SMILES string of the molecule is O=C(NCC1(CBr)CC1)c1cc[nH]c(=O)c1. The number of rotatable bonds is 4. The van der Waals surface area contributed by atoms with Crippen molar-refractivity contribution in [2.24, 2.45) is 5.41 Å². The number of hydrogen-bond acceptors (Lipinski definition) is 2. The van der Waals surface area contributed by atoms with Crippen LogP contribution < -0.4 is 10.9 Å². The van der Waals surface area contributed by atoms with Gasteiger partial charge >= 0.3 is 0 Å². The summed E-state index contributed by atoms with van der Waals surface area (Å²) < 4.78 is 0. The number of aromatic nitrogens is 1. The predicted molar refractivity (Wildman–Crippen MR) is 64.9 cm³/mol. The average molecular weight is 285 g/mol. The Kier molecular flexibility index (Phi) is 3.14. The molecule has 2 rings (SSSR count). The first-order valence-corrected chi connectivity index (χ1v) is 6.30. The second-order valence-electron chi connectivity index (χ2n) is 4.26. The third-order valence-corrected chi connectivity index (χ3v) is 4.09. The van der Waals surface area contributed by atoms with Gasteiger partial charge in [-0.3, -0.25) is 9.59 Å². The first-order valence-electron chi connectivity index (χ1n) is 5.18. The van der Waals surface area contributed by atoms with E-state index in [4.69, 9.17) is 0 Å². The van der Waals surface area contributed by atoms with E-state index in [1.807, 2.05) is 0 Å². The summed E-state index contributed by atoms with van der Waals surface area (Å²) in [5, 5.41) is 3.77. The van der Waals surface area contributed by atoms with Gasteiger partial charge in [0.2, 0.25) is 5.56 Å². The molecule has 1 aliphatic rings. The van der Waals surface area contributed by atoms with Crippen LogP contribution in [0.5, 0.6) is 0 Å². The second-order valence-corrected chi connectivity index (χ2v) is 4.82. The summed E-state index contributed by atoms with van der Waals surface area (Å²) in [6.45, 7) is 0.671. The lowest BCUT2D eigenvalue weighted by Crippen LogP contribution is -2.31. The summed E-state index contributed by atoms with van der Waals surface area (Å²) in [6, 6.07) is 2.91. The Morgan fingerprint density at radius 1 is 1.56 bits per heavy atom. The van der Waals surface area contributed by atoms with Gasteiger partial charge in [-0.25, -0.2) is 0 Å². The van der Waals surface area contributed by atoms with Gasteiger partial charge in [-0.2, -0.15) is 0 Å². The molecule has 0 radical (unpaired) electrons. The van der Waals surface area contributed by atoms with Gasteiger partial charge in [0.1, 0.15) is 0 Å². The number of amides is 1. The fourth-order valence-electron chi connectivity index (χ4n) is 1.49. The monoisotopic (exact) mass is 284 g/mol. The van der Waals surface area contributed by atoms with Crippen LogP contribution in [-0.4, -0.2) is 22.8 Å². The number of carbonyl (C=O) groups is 1. The Morgan fingerprint density at radius 3 is 2.88 bits per heavy atom. The minimum absolute atomic E-state index is 0.182. The van der Waals surface area contributed by atoms with Gasteiger partial charge in [0.25, 0.3) is 5.91 Å². The van der Waals surface area contributed by atoms with E-state index >= 15 is 0 Å². The van der Waals surface area contributed by atoms with Gasteiger partial charge in [0, 0.05) is 29.7 Å². The molecule has 0 atom stereocenters. The third kappa shape index (κ3) is 2.52. The average Bonchev–Trinajstić information content (AvgIpc) is 3.07. The highest BCUT2D eigenvalue weighted by Crippen LogP contribution is 2.46. The van der Waals surface area contributed by atoms with Crippen LogP contribution in [0.25, 0.3) is 0 Å². The highest BCUT2D eigenvalue weighted by molar-refractivity contribution is 9.09. The van der Waals surface area contributed by atoms with Crippen molar-refractivity contribution in [2.45, 2.75) is 12.8 Å². The Labute approximate surface area is 102 Å². The molecule has 0 aliphatic heterocycles. The highest BCUT2D eigenvalue weighted by Gasteiger charge is 2.41. The lowest BCUT2D eigenvalue weighted by atomic mass is 10.1. The van der Waals surface area contributed by atoms with Crippen molar-refractivity contribution in [1.29, 1.82) is 0 Å². The standard InChI is InChI=1S/C11H13BrN2O2/c12-6-11(2-3-11)7-14-10(16)8-1-4-13-9(15)5-8/h1,4-5H,2-3,6-7H2,(H,13,15)(H,14,16). The first-order chi connectivity index (χ1) is 7.65. The smallest absolute Gasteiger partial charge is 0.251 e. The minimum atomic E-state index is -0.255. The van der Waals surface area contributed by atoms with Crippen molar-refractivity contribution >= 4 is 21.8 Å². The molecule has 1 fully saturated rings. The largest absolute Gasteiger partial charge is 0.351 e. The second kappa shape index (κ2) is 4.41. The Bertz CT molecular complexity index is 451. The van der Waals surface area contributed by atoms with Crippen molar-refractivity contribution in [3.05, 3.63) is 34.2 Å². The Morgan fingerprint density at radius 2 is 2.31 bits per heavy atom. The summed E-state index contributed by atoms with van der Waals surface area (Å²) >= 11 is 3.45. The molecule has 86 valence electrons. The molecular weight excluding hydrogens is 272 g/mol. The zero-order valence-corrected chi connectivity index (χ0v) is 10.3. The topological polar surface area (TPSA) is 62.0 Å². The number of hydrogen-bond donors (Lipinski definition) is 2. The number of pyridine rings is 1. The number of halogens is 1. The van der Waals surface area contributed by atoms with E-state index in [9.17, 15) is 9.59 Å². The van der Waals surface area contributed by atoms with Gasteiger partial charge in [-0.05, 0) is 24.3 Å². The molecule has 1 saturated carbocycles. The Hall–Kier alpha value is -1.10. The lowest BCUT2D eigenvalue weighted by molar-refractivity contribution is 0.0946. The molecule has 1 amide bonds. The molecule has 0 spiro atoms. The quantitative estimate of drug-likeness (QED) is 0.819. The molecule has 1 aromatic heterocycles. The molecule has 2 N–H and O–H groups in total. The van der Waals surface area contributed by atoms with Crippen molar-refractivity contribution in [1.82, 2.24) is 10.3 Å². The van der Waals surface area contributed by atoms with Crippen LogP contribution in [0.15, 0.2) is 23.1 Å². The molecule has 0 unspecified atom stereocenters. The zero-order valence-electron chi connectivity index (χ0n) is 8.75. The van der Waals surface area contributed by atoms with Gasteiger partial charge in [0.05, 0.1) is 0 Å². The molecule has 16 heavy (non-hydrogen) atoms. The first kappa shape index (κ1) is 11.4. The van der Waals surface area contributed by atoms with Crippen LogP contribution in [0.2, 0.25) is 0 Å². The summed E-state index contributed by atoms with van der Waals surface area (Å²) in [5.74, 6) is -0.182. The van der Waals surface area contributed by atoms with Crippen molar-refractivity contribution < 1.29 is 4.79 Å². The highest BCUT2D eigenvalue weighted by atomic mass is 79.9. The number of aromatic amines is 1. The number of alkyl halides is 1. The van der Waals surface area contributed by atoms with E-state index in [0.29, 0.717) is 12.1 Å². The molecule has 0 saturated heterocycles. The number of H-pyrrole nitrogens is 1. The van der Waals surface area contributed by atoms with Crippen LogP contribution in [-0.2, 0) is 0 Å². The van der Waals surface area contributed by atoms with Gasteiger partial charge in [-0.15, -0.1) is 0 Å². The van der Waals surface area contributed by atoms with E-state index < -0.39 is 0 Å². The minimum Gasteiger partial charge on any atom is -0.351 e. The van der Waals surface area contributed by atoms with Crippen LogP contribution in [0.1, 0.15) is 23.2 Å². The number of carbonyl (C=O) groups excluding carboxylic acids is 1. The molecule has 1 aliphatic carbocycles. The molecular formula is C11H13BrN2O2. The fraction of sp³-hybridized carbons (Fsp3) is 0.455. The van der Waals surface area contributed by atoms with Crippen molar-refractivity contribution in [3.8, 4) is 0 Å². The normalized spacial score (nSPS) is 16.8. The van der Waals surface area contributed by atoms with E-state index in [-0.39, 0.29) is 16.9 Å². The predicted octanol–water partition coefficient (Wildman–Crippen LogP) is 1.28. The molecule has 1 aromatic rings. The van der Waals surface area contributed by atoms with Crippen LogP contribution in [0.4, 0.5) is 0 Å². The van der Waals surface area contributed by atoms with Gasteiger partial charge in [-0.1, -0.05) is 15.9 Å². The molecule has 0 bridgehead atoms. The number of nitrogens with one attached hydrogen (secondary N) is 2. The van der Waals surface area contributed by atoms with E-state index in [1.54, 1.807) is 6.07 Å². The summed E-state index contributed by atoms with van der Waals surface area (Å²) in [4.78, 5) is 25.2. The van der Waals surface area contributed by atoms with E-state index in [0.717, 1.165) is 18.2 Å². The summed E-state index contributed by atoms with van der Waals surface area (Å²) in [6.07, 6.45) is 3.77. The fourth-order valence-corrected chi connectivity index (χ4v) is 2.25. The molecule has 1 heterocycles. The zero-order chi connectivity index (χ0) is 11.6. The third-order valence-electron chi connectivity index (χ3n) is 2.90. The lowest BCUT2D eigenvalue weighted by Gasteiger charge is -2.12. The maximum Gasteiger partial charge on any atom is 0.251 e. The van der Waals surface area contributed by atoms with Crippen LogP contribution >= 0.6 is 15.9 Å². The van der Waals surface area contributed by atoms with Crippen LogP contribution in [0.3, 0.4) is 0 Å². The van der Waals surface area contributed by atoms with Crippen molar-refractivity contribution in [2.75, 3.05) is 11.9 Å². The molecule has 5 heteroatoms. The Balaban J connectivity index is 1.96. The molecule has 0 aromatic carbocycles. The van der Waals surface area contributed by atoms with E-state index in [2.05, 4.69) is 26.2 Å². The van der Waals surface area contributed by atoms with Gasteiger partial charge in [0.15, 0.2) is 0 Å². The maximum absolute atomic E-state index is 11.7. The van der Waals surface area contributed by atoms with E-state index in [1.165, 1.54) is 12.3 Å². The van der Waals surface area contributed by atoms with Gasteiger partial charge < -0.3 is 10.3 Å².